The van der Waals surface area contributed by atoms with Crippen LogP contribution in [0, 0.1) is 20.8 Å². The van der Waals surface area contributed by atoms with Gasteiger partial charge in [-0.25, -0.2) is 0 Å². The normalized spacial score (nSPS) is 10.9. The minimum absolute atomic E-state index is 0.0648. The fraction of sp³-hybridized carbons (Fsp3) is 0.474. The number of benzene rings is 1. The van der Waals surface area contributed by atoms with E-state index >= 15 is 0 Å². The van der Waals surface area contributed by atoms with Gasteiger partial charge in [0.1, 0.15) is 5.69 Å². The number of likely N-dealkylation sites (N-methyl/N-ethyl adjacent to an activating group) is 1. The van der Waals surface area contributed by atoms with Crippen molar-refractivity contribution in [2.45, 2.75) is 40.5 Å². The number of carbonyl (C=O) groups excluding carboxylic acids is 2. The highest BCUT2D eigenvalue weighted by molar-refractivity contribution is 6.03. The first-order valence-corrected chi connectivity index (χ1v) is 8.47. The molecule has 2 amide bonds. The van der Waals surface area contributed by atoms with Gasteiger partial charge in [-0.15, -0.1) is 0 Å². The number of nitrogens with one attached hydrogen (secondary N) is 2. The Morgan fingerprint density at radius 1 is 1.17 bits per heavy atom. The third-order valence-electron chi connectivity index (χ3n) is 4.42. The summed E-state index contributed by atoms with van der Waals surface area (Å²) in [5, 5.41) is 3.93. The van der Waals surface area contributed by atoms with Crippen molar-refractivity contribution in [3.63, 3.8) is 0 Å². The molecule has 5 nitrogen and oxygen atoms in total. The fourth-order valence-electron chi connectivity index (χ4n) is 2.95. The summed E-state index contributed by atoms with van der Waals surface area (Å²) in [5.74, 6) is -0.284. The number of rotatable bonds is 6. The predicted octanol–water partition coefficient (Wildman–Crippen LogP) is 3.08. The molecule has 0 saturated carbocycles. The van der Waals surface area contributed by atoms with Gasteiger partial charge in [-0.05, 0) is 43.9 Å². The summed E-state index contributed by atoms with van der Waals surface area (Å²) in [4.78, 5) is 29.4. The zero-order valence-corrected chi connectivity index (χ0v) is 15.2. The third-order valence-corrected chi connectivity index (χ3v) is 4.42. The molecular formula is C19H27N3O2. The van der Waals surface area contributed by atoms with Crippen LogP contribution < -0.4 is 5.32 Å². The first-order valence-electron chi connectivity index (χ1n) is 8.47. The number of fused-ring (bicyclic) bond motifs is 1. The highest BCUT2D eigenvalue weighted by Gasteiger charge is 2.21. The molecule has 0 radical (unpaired) electrons. The Kier molecular flexibility index (Phi) is 5.65. The number of unbranched alkanes of at least 4 members (excludes halogenated alkanes) is 1. The SMILES string of the molecule is CCCCNC(=O)CN(C)C(=O)c1[nH]c2c(C)ccc(C)c2c1C. The molecule has 1 aromatic carbocycles. The molecule has 0 spiro atoms. The van der Waals surface area contributed by atoms with Crippen LogP contribution in [0.25, 0.3) is 10.9 Å². The first-order chi connectivity index (χ1) is 11.4. The van der Waals surface area contributed by atoms with Crippen LogP contribution in [0.1, 0.15) is 46.9 Å². The van der Waals surface area contributed by atoms with Gasteiger partial charge in [0, 0.05) is 24.5 Å². The van der Waals surface area contributed by atoms with E-state index in [4.69, 9.17) is 0 Å². The van der Waals surface area contributed by atoms with Crippen LogP contribution in [0.3, 0.4) is 0 Å². The van der Waals surface area contributed by atoms with Crippen LogP contribution in [-0.2, 0) is 4.79 Å². The zero-order chi connectivity index (χ0) is 17.9. The second-order valence-electron chi connectivity index (χ2n) is 6.44. The Balaban J connectivity index is 2.19. The number of hydrogen-bond acceptors (Lipinski definition) is 2. The molecule has 1 aromatic heterocycles. The summed E-state index contributed by atoms with van der Waals surface area (Å²) in [6.07, 6.45) is 1.98. The number of amides is 2. The summed E-state index contributed by atoms with van der Waals surface area (Å²) >= 11 is 0. The molecule has 2 N–H and O–H groups in total. The molecule has 2 aromatic rings. The lowest BCUT2D eigenvalue weighted by atomic mass is 10.0. The maximum atomic E-state index is 12.7. The zero-order valence-electron chi connectivity index (χ0n) is 15.2. The lowest BCUT2D eigenvalue weighted by molar-refractivity contribution is -0.121. The van der Waals surface area contributed by atoms with E-state index in [2.05, 4.69) is 23.3 Å². The number of H-pyrrole nitrogens is 1. The Hall–Kier alpha value is -2.30. The molecular weight excluding hydrogens is 302 g/mol. The van der Waals surface area contributed by atoms with Crippen LogP contribution in [0.5, 0.6) is 0 Å². The largest absolute Gasteiger partial charge is 0.355 e. The molecule has 0 saturated heterocycles. The molecule has 130 valence electrons. The van der Waals surface area contributed by atoms with Crippen LogP contribution in [0.15, 0.2) is 12.1 Å². The average Bonchev–Trinajstić information content (AvgIpc) is 2.89. The second kappa shape index (κ2) is 7.51. The summed E-state index contributed by atoms with van der Waals surface area (Å²) < 4.78 is 0. The molecule has 1 heterocycles. The highest BCUT2D eigenvalue weighted by atomic mass is 16.2. The number of nitrogens with zero attached hydrogens (tertiary/aromatic N) is 1. The fourth-order valence-corrected chi connectivity index (χ4v) is 2.95. The Morgan fingerprint density at radius 3 is 2.46 bits per heavy atom. The van der Waals surface area contributed by atoms with E-state index < -0.39 is 0 Å². The van der Waals surface area contributed by atoms with Gasteiger partial charge in [-0.2, -0.15) is 0 Å². The summed E-state index contributed by atoms with van der Waals surface area (Å²) in [5.41, 5.74) is 4.75. The van der Waals surface area contributed by atoms with Crippen LogP contribution in [-0.4, -0.2) is 41.8 Å². The topological polar surface area (TPSA) is 65.2 Å². The highest BCUT2D eigenvalue weighted by Crippen LogP contribution is 2.28. The molecule has 0 bridgehead atoms. The maximum Gasteiger partial charge on any atom is 0.270 e. The molecule has 2 rings (SSSR count). The molecule has 5 heteroatoms. The second-order valence-corrected chi connectivity index (χ2v) is 6.44. The number of aryl methyl sites for hydroxylation is 3. The van der Waals surface area contributed by atoms with E-state index in [9.17, 15) is 9.59 Å². The van der Waals surface area contributed by atoms with E-state index in [1.165, 1.54) is 4.90 Å². The number of hydrogen-bond donors (Lipinski definition) is 2. The number of aromatic nitrogens is 1. The lowest BCUT2D eigenvalue weighted by Gasteiger charge is -2.16. The van der Waals surface area contributed by atoms with E-state index in [0.29, 0.717) is 12.2 Å². The lowest BCUT2D eigenvalue weighted by Crippen LogP contribution is -2.39. The van der Waals surface area contributed by atoms with E-state index in [-0.39, 0.29) is 18.4 Å². The third kappa shape index (κ3) is 3.61. The maximum absolute atomic E-state index is 12.7. The van der Waals surface area contributed by atoms with Gasteiger partial charge in [0.05, 0.1) is 6.54 Å². The molecule has 0 aliphatic rings. The van der Waals surface area contributed by atoms with Crippen LogP contribution in [0.2, 0.25) is 0 Å². The van der Waals surface area contributed by atoms with Gasteiger partial charge in [-0.3, -0.25) is 9.59 Å². The van der Waals surface area contributed by atoms with Crippen LogP contribution in [0.4, 0.5) is 0 Å². The van der Waals surface area contributed by atoms with Crippen molar-refractivity contribution in [1.29, 1.82) is 0 Å². The number of aromatic amines is 1. The standard InChI is InChI=1S/C19H27N3O2/c1-6-7-10-20-15(23)11-22(5)19(24)18-14(4)16-12(2)8-9-13(3)17(16)21-18/h8-9,21H,6-7,10-11H2,1-5H3,(H,20,23). The minimum atomic E-state index is -0.159. The Morgan fingerprint density at radius 2 is 1.83 bits per heavy atom. The monoisotopic (exact) mass is 329 g/mol. The molecule has 0 aliphatic carbocycles. The smallest absolute Gasteiger partial charge is 0.270 e. The van der Waals surface area contributed by atoms with E-state index in [1.807, 2.05) is 26.8 Å². The van der Waals surface area contributed by atoms with E-state index in [0.717, 1.165) is 40.4 Å². The van der Waals surface area contributed by atoms with Gasteiger partial charge >= 0.3 is 0 Å². The predicted molar refractivity (Wildman–Crippen MR) is 97.4 cm³/mol. The van der Waals surface area contributed by atoms with Crippen molar-refractivity contribution < 1.29 is 9.59 Å². The first kappa shape index (κ1) is 18.0. The molecule has 0 atom stereocenters. The Bertz CT molecular complexity index is 762. The van der Waals surface area contributed by atoms with Gasteiger partial charge in [0.15, 0.2) is 0 Å². The van der Waals surface area contributed by atoms with Gasteiger partial charge in [-0.1, -0.05) is 25.5 Å². The van der Waals surface area contributed by atoms with E-state index in [1.54, 1.807) is 7.05 Å². The van der Waals surface area contributed by atoms with Crippen molar-refractivity contribution in [2.75, 3.05) is 20.1 Å². The summed E-state index contributed by atoms with van der Waals surface area (Å²) in [7, 11) is 1.66. The van der Waals surface area contributed by atoms with Gasteiger partial charge in [0.25, 0.3) is 5.91 Å². The quantitative estimate of drug-likeness (QED) is 0.800. The van der Waals surface area contributed by atoms with Crippen molar-refractivity contribution in [1.82, 2.24) is 15.2 Å². The van der Waals surface area contributed by atoms with Crippen LogP contribution >= 0.6 is 0 Å². The molecule has 0 fully saturated rings. The van der Waals surface area contributed by atoms with Gasteiger partial charge < -0.3 is 15.2 Å². The van der Waals surface area contributed by atoms with Crippen molar-refractivity contribution >= 4 is 22.7 Å². The van der Waals surface area contributed by atoms with Crippen molar-refractivity contribution in [3.8, 4) is 0 Å². The van der Waals surface area contributed by atoms with Crippen molar-refractivity contribution in [3.05, 3.63) is 34.5 Å². The summed E-state index contributed by atoms with van der Waals surface area (Å²) in [6.45, 7) is 8.81. The molecule has 0 unspecified atom stereocenters. The average molecular weight is 329 g/mol. The Labute approximate surface area is 143 Å². The molecule has 24 heavy (non-hydrogen) atoms. The van der Waals surface area contributed by atoms with Gasteiger partial charge in [0.2, 0.25) is 5.91 Å². The number of carbonyl (C=O) groups is 2. The minimum Gasteiger partial charge on any atom is -0.355 e. The summed E-state index contributed by atoms with van der Waals surface area (Å²) in [6, 6.07) is 4.12. The molecule has 0 aliphatic heterocycles. The van der Waals surface area contributed by atoms with Crippen molar-refractivity contribution in [2.24, 2.45) is 0 Å².